The van der Waals surface area contributed by atoms with Crippen molar-refractivity contribution < 1.29 is 9.59 Å². The van der Waals surface area contributed by atoms with Crippen molar-refractivity contribution in [2.45, 2.75) is 38.4 Å². The number of hydrogen-bond acceptors (Lipinski definition) is 3. The Morgan fingerprint density at radius 3 is 2.36 bits per heavy atom. The number of nitrogens with one attached hydrogen (secondary N) is 2. The SMILES string of the molecule is CC(=O)NC(C)C(=O)NC1CC1N.Cl. The molecule has 0 aromatic heterocycles. The van der Waals surface area contributed by atoms with Crippen LogP contribution in [0, 0.1) is 0 Å². The molecule has 6 heteroatoms. The van der Waals surface area contributed by atoms with Crippen LogP contribution in [0.2, 0.25) is 0 Å². The van der Waals surface area contributed by atoms with Gasteiger partial charge in [-0.25, -0.2) is 0 Å². The van der Waals surface area contributed by atoms with E-state index in [2.05, 4.69) is 10.6 Å². The summed E-state index contributed by atoms with van der Waals surface area (Å²) in [6.45, 7) is 3.03. The molecular weight excluding hydrogens is 206 g/mol. The lowest BCUT2D eigenvalue weighted by Gasteiger charge is -2.12. The molecule has 1 saturated carbocycles. The molecule has 0 aromatic carbocycles. The molecule has 0 aromatic rings. The van der Waals surface area contributed by atoms with Crippen LogP contribution in [0.15, 0.2) is 0 Å². The molecule has 0 spiro atoms. The predicted octanol–water partition coefficient (Wildman–Crippen LogP) is -0.851. The van der Waals surface area contributed by atoms with Crippen LogP contribution in [-0.4, -0.2) is 29.9 Å². The van der Waals surface area contributed by atoms with E-state index in [1.165, 1.54) is 6.92 Å². The zero-order chi connectivity index (χ0) is 10.0. The number of halogens is 1. The second-order valence-electron chi connectivity index (χ2n) is 3.44. The summed E-state index contributed by atoms with van der Waals surface area (Å²) >= 11 is 0. The number of amides is 2. The minimum Gasteiger partial charge on any atom is -0.350 e. The number of carbonyl (C=O) groups excluding carboxylic acids is 2. The van der Waals surface area contributed by atoms with Crippen molar-refractivity contribution in [1.29, 1.82) is 0 Å². The van der Waals surface area contributed by atoms with E-state index in [-0.39, 0.29) is 36.3 Å². The highest BCUT2D eigenvalue weighted by molar-refractivity contribution is 5.86. The molecule has 5 nitrogen and oxygen atoms in total. The Kier molecular flexibility index (Phi) is 4.87. The van der Waals surface area contributed by atoms with Gasteiger partial charge in [0.1, 0.15) is 6.04 Å². The fourth-order valence-electron chi connectivity index (χ4n) is 1.06. The molecule has 0 saturated heterocycles. The van der Waals surface area contributed by atoms with Crippen LogP contribution in [0.3, 0.4) is 0 Å². The Labute approximate surface area is 89.2 Å². The van der Waals surface area contributed by atoms with Crippen LogP contribution >= 0.6 is 12.4 Å². The fourth-order valence-corrected chi connectivity index (χ4v) is 1.06. The smallest absolute Gasteiger partial charge is 0.242 e. The van der Waals surface area contributed by atoms with Gasteiger partial charge in [0.05, 0.1) is 0 Å². The lowest BCUT2D eigenvalue weighted by atomic mass is 10.3. The largest absolute Gasteiger partial charge is 0.350 e. The van der Waals surface area contributed by atoms with Crippen molar-refractivity contribution in [3.8, 4) is 0 Å². The lowest BCUT2D eigenvalue weighted by molar-refractivity contribution is -0.127. The minimum absolute atomic E-state index is 0. The summed E-state index contributed by atoms with van der Waals surface area (Å²) in [4.78, 5) is 21.9. The molecular formula is C8H16ClN3O2. The molecule has 4 N–H and O–H groups in total. The summed E-state index contributed by atoms with van der Waals surface area (Å²) < 4.78 is 0. The van der Waals surface area contributed by atoms with Gasteiger partial charge in [0.2, 0.25) is 11.8 Å². The Balaban J connectivity index is 0.00000169. The Morgan fingerprint density at radius 1 is 1.50 bits per heavy atom. The molecule has 0 aliphatic heterocycles. The molecule has 0 bridgehead atoms. The van der Waals surface area contributed by atoms with Gasteiger partial charge in [0.25, 0.3) is 0 Å². The van der Waals surface area contributed by atoms with Gasteiger partial charge in [-0.1, -0.05) is 0 Å². The van der Waals surface area contributed by atoms with Crippen LogP contribution in [0.1, 0.15) is 20.3 Å². The maximum absolute atomic E-state index is 11.3. The van der Waals surface area contributed by atoms with E-state index in [0.717, 1.165) is 6.42 Å². The second-order valence-corrected chi connectivity index (χ2v) is 3.44. The van der Waals surface area contributed by atoms with E-state index in [1.54, 1.807) is 6.92 Å². The highest BCUT2D eigenvalue weighted by atomic mass is 35.5. The summed E-state index contributed by atoms with van der Waals surface area (Å²) in [5.74, 6) is -0.379. The Hall–Kier alpha value is -0.810. The highest BCUT2D eigenvalue weighted by Crippen LogP contribution is 2.17. The fraction of sp³-hybridized carbons (Fsp3) is 0.750. The van der Waals surface area contributed by atoms with Crippen molar-refractivity contribution in [2.75, 3.05) is 0 Å². The monoisotopic (exact) mass is 221 g/mol. The standard InChI is InChI=1S/C8H15N3O2.ClH/c1-4(10-5(2)12)8(13)11-7-3-6(7)9;/h4,6-7H,3,9H2,1-2H3,(H,10,12)(H,11,13);1H. The Morgan fingerprint density at radius 2 is 2.00 bits per heavy atom. The molecule has 14 heavy (non-hydrogen) atoms. The molecule has 1 aliphatic carbocycles. The summed E-state index contributed by atoms with van der Waals surface area (Å²) in [7, 11) is 0. The predicted molar refractivity (Wildman–Crippen MR) is 55.0 cm³/mol. The van der Waals surface area contributed by atoms with Gasteiger partial charge >= 0.3 is 0 Å². The van der Waals surface area contributed by atoms with Crippen LogP contribution in [-0.2, 0) is 9.59 Å². The number of carbonyl (C=O) groups is 2. The Bertz CT molecular complexity index is 235. The van der Waals surface area contributed by atoms with E-state index in [4.69, 9.17) is 5.73 Å². The van der Waals surface area contributed by atoms with Gasteiger partial charge in [0, 0.05) is 19.0 Å². The van der Waals surface area contributed by atoms with Gasteiger partial charge in [-0.3, -0.25) is 9.59 Å². The maximum atomic E-state index is 11.3. The third kappa shape index (κ3) is 3.93. The van der Waals surface area contributed by atoms with E-state index in [1.807, 2.05) is 0 Å². The quantitative estimate of drug-likeness (QED) is 0.581. The molecule has 82 valence electrons. The van der Waals surface area contributed by atoms with Crippen molar-refractivity contribution in [3.63, 3.8) is 0 Å². The zero-order valence-corrected chi connectivity index (χ0v) is 9.06. The summed E-state index contributed by atoms with van der Waals surface area (Å²) in [6.07, 6.45) is 0.832. The highest BCUT2D eigenvalue weighted by Gasteiger charge is 2.35. The van der Waals surface area contributed by atoms with Crippen molar-refractivity contribution in [1.82, 2.24) is 10.6 Å². The first kappa shape index (κ1) is 13.2. The molecule has 3 unspecified atom stereocenters. The van der Waals surface area contributed by atoms with Crippen molar-refractivity contribution in [2.24, 2.45) is 5.73 Å². The molecule has 2 amide bonds. The van der Waals surface area contributed by atoms with Crippen molar-refractivity contribution >= 4 is 24.2 Å². The normalized spacial score (nSPS) is 25.6. The first-order chi connectivity index (χ1) is 6.00. The van der Waals surface area contributed by atoms with Crippen molar-refractivity contribution in [3.05, 3.63) is 0 Å². The maximum Gasteiger partial charge on any atom is 0.242 e. The topological polar surface area (TPSA) is 84.2 Å². The van der Waals surface area contributed by atoms with E-state index in [0.29, 0.717) is 0 Å². The van der Waals surface area contributed by atoms with E-state index in [9.17, 15) is 9.59 Å². The first-order valence-electron chi connectivity index (χ1n) is 4.33. The minimum atomic E-state index is -0.481. The second kappa shape index (κ2) is 5.17. The average molecular weight is 222 g/mol. The zero-order valence-electron chi connectivity index (χ0n) is 8.24. The lowest BCUT2D eigenvalue weighted by Crippen LogP contribution is -2.45. The van der Waals surface area contributed by atoms with Gasteiger partial charge in [-0.05, 0) is 13.3 Å². The number of hydrogen-bond donors (Lipinski definition) is 3. The number of rotatable bonds is 3. The van der Waals surface area contributed by atoms with E-state index < -0.39 is 6.04 Å². The summed E-state index contributed by atoms with van der Waals surface area (Å²) in [5.41, 5.74) is 5.51. The van der Waals surface area contributed by atoms with E-state index >= 15 is 0 Å². The van der Waals surface area contributed by atoms with Crippen LogP contribution < -0.4 is 16.4 Å². The van der Waals surface area contributed by atoms with Gasteiger partial charge in [0.15, 0.2) is 0 Å². The van der Waals surface area contributed by atoms with Gasteiger partial charge < -0.3 is 16.4 Å². The van der Waals surface area contributed by atoms with Gasteiger partial charge in [-0.15, -0.1) is 12.4 Å². The first-order valence-corrected chi connectivity index (χ1v) is 4.33. The molecule has 0 radical (unpaired) electrons. The van der Waals surface area contributed by atoms with Gasteiger partial charge in [-0.2, -0.15) is 0 Å². The van der Waals surface area contributed by atoms with Crippen LogP contribution in [0.4, 0.5) is 0 Å². The average Bonchev–Trinajstić information content (AvgIpc) is 2.64. The molecule has 1 fully saturated rings. The third-order valence-electron chi connectivity index (χ3n) is 1.98. The summed E-state index contributed by atoms with van der Waals surface area (Å²) in [5, 5.41) is 5.23. The molecule has 1 aliphatic rings. The number of nitrogens with two attached hydrogens (primary N) is 1. The van der Waals surface area contributed by atoms with Crippen LogP contribution in [0.5, 0.6) is 0 Å². The summed E-state index contributed by atoms with van der Waals surface area (Å²) in [6, 6.07) is -0.289. The molecule has 1 rings (SSSR count). The molecule has 0 heterocycles. The molecule has 3 atom stereocenters. The third-order valence-corrected chi connectivity index (χ3v) is 1.98. The van der Waals surface area contributed by atoms with Crippen LogP contribution in [0.25, 0.3) is 0 Å².